The number of piperidine rings is 1. The Kier molecular flexibility index (Phi) is 8.12. The van der Waals surface area contributed by atoms with Crippen LogP contribution in [0.2, 0.25) is 5.15 Å². The second-order valence-corrected chi connectivity index (χ2v) is 11.1. The molecule has 0 unspecified atom stereocenters. The van der Waals surface area contributed by atoms with Crippen molar-refractivity contribution >= 4 is 33.2 Å². The molecular weight excluding hydrogens is 547 g/mol. The Labute approximate surface area is 222 Å². The SMILES string of the molecule is CS(=O)(=O)c1cc(OCC2CCN(c3cc(Cl)nc(OC(=O)C(F)(F)F)n3)CC2)ccc1-c1ccccc1. The standard InChI is InChI=1S/C25H23ClF3N3O5S/c1-38(34,35)20-13-18(7-8-19(20)17-5-3-2-4-6-17)36-15-16-9-11-32(12-10-16)22-14-21(26)30-24(31-22)37-23(33)25(27,28)29/h2-8,13-14,16H,9-12,15H2,1H3. The second kappa shape index (κ2) is 11.2. The minimum Gasteiger partial charge on any atom is -0.493 e. The van der Waals surface area contributed by atoms with E-state index in [1.165, 1.54) is 12.1 Å². The Morgan fingerprint density at radius 1 is 1.08 bits per heavy atom. The van der Waals surface area contributed by atoms with Crippen molar-refractivity contribution in [3.05, 3.63) is 59.8 Å². The van der Waals surface area contributed by atoms with Crippen LogP contribution in [0.15, 0.2) is 59.5 Å². The van der Waals surface area contributed by atoms with Crippen LogP contribution >= 0.6 is 11.6 Å². The van der Waals surface area contributed by atoms with Gasteiger partial charge in [-0.2, -0.15) is 23.1 Å². The lowest BCUT2D eigenvalue weighted by Crippen LogP contribution is -2.36. The predicted molar refractivity (Wildman–Crippen MR) is 134 cm³/mol. The highest BCUT2D eigenvalue weighted by Crippen LogP contribution is 2.32. The molecule has 1 saturated heterocycles. The maximum absolute atomic E-state index is 12.5. The molecule has 0 atom stereocenters. The molecule has 0 saturated carbocycles. The van der Waals surface area contributed by atoms with Crippen LogP contribution in [-0.2, 0) is 14.6 Å². The van der Waals surface area contributed by atoms with Gasteiger partial charge < -0.3 is 14.4 Å². The first kappa shape index (κ1) is 27.6. The molecule has 13 heteroatoms. The van der Waals surface area contributed by atoms with Crippen LogP contribution in [0.4, 0.5) is 19.0 Å². The molecule has 8 nitrogen and oxygen atoms in total. The highest BCUT2D eigenvalue weighted by atomic mass is 35.5. The summed E-state index contributed by atoms with van der Waals surface area (Å²) in [4.78, 5) is 20.5. The maximum atomic E-state index is 12.5. The average molecular weight is 570 g/mol. The van der Waals surface area contributed by atoms with E-state index in [1.54, 1.807) is 17.0 Å². The predicted octanol–water partition coefficient (Wildman–Crippen LogP) is 4.96. The second-order valence-electron chi connectivity index (χ2n) is 8.76. The lowest BCUT2D eigenvalue weighted by atomic mass is 9.98. The van der Waals surface area contributed by atoms with Crippen LogP contribution in [0.1, 0.15) is 12.8 Å². The Morgan fingerprint density at radius 2 is 1.76 bits per heavy atom. The van der Waals surface area contributed by atoms with Gasteiger partial charge in [0.05, 0.1) is 11.5 Å². The van der Waals surface area contributed by atoms with Gasteiger partial charge >= 0.3 is 18.2 Å². The lowest BCUT2D eigenvalue weighted by molar-refractivity contribution is -0.190. The van der Waals surface area contributed by atoms with Gasteiger partial charge in [-0.05, 0) is 42.5 Å². The molecule has 38 heavy (non-hydrogen) atoms. The van der Waals surface area contributed by atoms with E-state index in [9.17, 15) is 26.4 Å². The molecule has 0 aliphatic carbocycles. The van der Waals surface area contributed by atoms with Gasteiger partial charge in [0.25, 0.3) is 0 Å². The Balaban J connectivity index is 1.38. The first-order chi connectivity index (χ1) is 17.9. The number of alkyl halides is 3. The van der Waals surface area contributed by atoms with Crippen molar-refractivity contribution in [1.82, 2.24) is 9.97 Å². The number of sulfone groups is 1. The van der Waals surface area contributed by atoms with E-state index in [4.69, 9.17) is 16.3 Å². The number of halogens is 4. The molecule has 0 bridgehead atoms. The molecule has 4 rings (SSSR count). The van der Waals surface area contributed by atoms with E-state index in [-0.39, 0.29) is 21.8 Å². The zero-order chi connectivity index (χ0) is 27.5. The fourth-order valence-corrected chi connectivity index (χ4v) is 5.12. The number of carbonyl (C=O) groups excluding carboxylic acids is 1. The van der Waals surface area contributed by atoms with Crippen molar-refractivity contribution in [3.8, 4) is 22.9 Å². The molecule has 2 aromatic carbocycles. The number of hydrogen-bond acceptors (Lipinski definition) is 8. The molecule has 2 heterocycles. The summed E-state index contributed by atoms with van der Waals surface area (Å²) in [6, 6.07) is 14.8. The molecule has 1 fully saturated rings. The van der Waals surface area contributed by atoms with Gasteiger partial charge in [-0.15, -0.1) is 0 Å². The number of ether oxygens (including phenoxy) is 2. The number of anilines is 1. The molecule has 1 aliphatic rings. The topological polar surface area (TPSA) is 98.7 Å². The van der Waals surface area contributed by atoms with E-state index < -0.39 is 28.0 Å². The van der Waals surface area contributed by atoms with Gasteiger partial charge in [-0.25, -0.2) is 13.2 Å². The molecule has 1 aromatic heterocycles. The highest BCUT2D eigenvalue weighted by Gasteiger charge is 2.42. The quantitative estimate of drug-likeness (QED) is 0.291. The number of carbonyl (C=O) groups is 1. The van der Waals surface area contributed by atoms with Crippen LogP contribution in [0, 0.1) is 5.92 Å². The summed E-state index contributed by atoms with van der Waals surface area (Å²) < 4.78 is 72.5. The monoisotopic (exact) mass is 569 g/mol. The first-order valence-electron chi connectivity index (χ1n) is 11.5. The van der Waals surface area contributed by atoms with Crippen LogP contribution < -0.4 is 14.4 Å². The van der Waals surface area contributed by atoms with Gasteiger partial charge in [0.15, 0.2) is 9.84 Å². The largest absolute Gasteiger partial charge is 0.493 e. The maximum Gasteiger partial charge on any atom is 0.491 e. The lowest BCUT2D eigenvalue weighted by Gasteiger charge is -2.32. The van der Waals surface area contributed by atoms with E-state index >= 15 is 0 Å². The van der Waals surface area contributed by atoms with Crippen molar-refractivity contribution in [2.24, 2.45) is 5.92 Å². The van der Waals surface area contributed by atoms with Gasteiger partial charge in [0, 0.05) is 31.0 Å². The minimum atomic E-state index is -5.19. The van der Waals surface area contributed by atoms with Gasteiger partial charge in [0.1, 0.15) is 16.7 Å². The molecule has 0 amide bonds. The smallest absolute Gasteiger partial charge is 0.491 e. The van der Waals surface area contributed by atoms with E-state index in [1.807, 2.05) is 30.3 Å². The number of nitrogens with zero attached hydrogens (tertiary/aromatic N) is 3. The summed E-state index contributed by atoms with van der Waals surface area (Å²) in [5.41, 5.74) is 1.38. The Bertz CT molecular complexity index is 1410. The summed E-state index contributed by atoms with van der Waals surface area (Å²) in [7, 11) is -3.51. The fraction of sp³-hybridized carbons (Fsp3) is 0.320. The van der Waals surface area contributed by atoms with Crippen LogP contribution in [0.25, 0.3) is 11.1 Å². The van der Waals surface area contributed by atoms with Gasteiger partial charge in [0.2, 0.25) is 0 Å². The molecule has 0 N–H and O–H groups in total. The zero-order valence-electron chi connectivity index (χ0n) is 20.1. The van der Waals surface area contributed by atoms with Crippen LogP contribution in [0.3, 0.4) is 0 Å². The van der Waals surface area contributed by atoms with E-state index in [2.05, 4.69) is 14.7 Å². The average Bonchev–Trinajstić information content (AvgIpc) is 2.87. The number of rotatable bonds is 7. The number of aromatic nitrogens is 2. The molecule has 202 valence electrons. The van der Waals surface area contributed by atoms with Crippen molar-refractivity contribution in [2.75, 3.05) is 30.9 Å². The van der Waals surface area contributed by atoms with Crippen molar-refractivity contribution in [1.29, 1.82) is 0 Å². The first-order valence-corrected chi connectivity index (χ1v) is 13.8. The minimum absolute atomic E-state index is 0.140. The summed E-state index contributed by atoms with van der Waals surface area (Å²) in [5, 5.41) is -0.161. The molecule has 0 spiro atoms. The summed E-state index contributed by atoms with van der Waals surface area (Å²) in [6.45, 7) is 1.34. The summed E-state index contributed by atoms with van der Waals surface area (Å²) >= 11 is 5.90. The normalized spacial score (nSPS) is 14.8. The van der Waals surface area contributed by atoms with E-state index in [0.29, 0.717) is 43.9 Å². The molecule has 3 aromatic rings. The Morgan fingerprint density at radius 3 is 2.39 bits per heavy atom. The third kappa shape index (κ3) is 6.93. The zero-order valence-corrected chi connectivity index (χ0v) is 21.7. The molecular formula is C25H23ClF3N3O5S. The van der Waals surface area contributed by atoms with Crippen molar-refractivity contribution < 1.29 is 35.9 Å². The van der Waals surface area contributed by atoms with Crippen LogP contribution in [0.5, 0.6) is 11.8 Å². The fourth-order valence-electron chi connectivity index (χ4n) is 4.03. The van der Waals surface area contributed by atoms with Crippen molar-refractivity contribution in [3.63, 3.8) is 0 Å². The number of benzene rings is 2. The highest BCUT2D eigenvalue weighted by molar-refractivity contribution is 7.90. The van der Waals surface area contributed by atoms with Gasteiger partial charge in [-0.1, -0.05) is 41.9 Å². The van der Waals surface area contributed by atoms with Crippen molar-refractivity contribution in [2.45, 2.75) is 23.9 Å². The summed E-state index contributed by atoms with van der Waals surface area (Å²) in [5.74, 6) is -1.62. The van der Waals surface area contributed by atoms with Crippen LogP contribution in [-0.4, -0.2) is 56.5 Å². The third-order valence-corrected chi connectivity index (χ3v) is 7.27. The third-order valence-electron chi connectivity index (χ3n) is 5.94. The number of esters is 1. The summed E-state index contributed by atoms with van der Waals surface area (Å²) in [6.07, 6.45) is -2.70. The molecule has 1 aliphatic heterocycles. The van der Waals surface area contributed by atoms with E-state index in [0.717, 1.165) is 11.8 Å². The Hall–Kier alpha value is -3.38. The number of hydrogen-bond donors (Lipinski definition) is 0. The molecule has 0 radical (unpaired) electrons. The van der Waals surface area contributed by atoms with Gasteiger partial charge in [-0.3, -0.25) is 0 Å².